The molecule has 1 fully saturated rings. The van der Waals surface area contributed by atoms with Crippen molar-refractivity contribution in [3.63, 3.8) is 0 Å². The van der Waals surface area contributed by atoms with Crippen molar-refractivity contribution in [1.29, 1.82) is 0 Å². The lowest BCUT2D eigenvalue weighted by Crippen LogP contribution is -2.45. The highest BCUT2D eigenvalue weighted by atomic mass is 32.2. The van der Waals surface area contributed by atoms with Crippen LogP contribution in [0.25, 0.3) is 10.9 Å². The van der Waals surface area contributed by atoms with E-state index < -0.39 is 21.5 Å². The summed E-state index contributed by atoms with van der Waals surface area (Å²) in [5.41, 5.74) is 3.42. The summed E-state index contributed by atoms with van der Waals surface area (Å²) in [7, 11) is -3.26. The van der Waals surface area contributed by atoms with Crippen molar-refractivity contribution >= 4 is 38.6 Å². The van der Waals surface area contributed by atoms with Crippen molar-refractivity contribution in [1.82, 2.24) is 14.2 Å². The Balaban J connectivity index is 1.28. The highest BCUT2D eigenvalue weighted by Crippen LogP contribution is 2.39. The maximum absolute atomic E-state index is 14.2. The van der Waals surface area contributed by atoms with Crippen LogP contribution in [0.5, 0.6) is 0 Å². The number of hydrogen-bond acceptors (Lipinski definition) is 6. The summed E-state index contributed by atoms with van der Waals surface area (Å²) in [5, 5.41) is 0.771. The molecule has 0 amide bonds. The number of halogens is 2. The molecule has 1 saturated heterocycles. The topological polar surface area (TPSA) is 59.7 Å². The molecule has 200 valence electrons. The number of benzene rings is 2. The first-order valence-corrected chi connectivity index (χ1v) is 15.4. The fraction of sp³-hybridized carbons (Fsp3) is 0.481. The van der Waals surface area contributed by atoms with Crippen LogP contribution in [0.3, 0.4) is 0 Å². The van der Waals surface area contributed by atoms with Crippen LogP contribution in [0.1, 0.15) is 50.7 Å². The number of rotatable bonds is 6. The molecule has 0 bridgehead atoms. The Hall–Kier alpha value is -2.14. The van der Waals surface area contributed by atoms with E-state index in [1.54, 1.807) is 24.3 Å². The number of H-pyrrole nitrogens is 1. The Labute approximate surface area is 222 Å². The molecule has 3 aromatic rings. The van der Waals surface area contributed by atoms with E-state index in [1.165, 1.54) is 12.3 Å². The van der Waals surface area contributed by atoms with E-state index in [0.29, 0.717) is 29.4 Å². The van der Waals surface area contributed by atoms with E-state index in [9.17, 15) is 17.2 Å². The van der Waals surface area contributed by atoms with Gasteiger partial charge in [0.2, 0.25) is 0 Å². The summed E-state index contributed by atoms with van der Waals surface area (Å²) in [6.07, 6.45) is 4.99. The van der Waals surface area contributed by atoms with Crippen LogP contribution in [-0.2, 0) is 16.4 Å². The van der Waals surface area contributed by atoms with Gasteiger partial charge in [-0.15, -0.1) is 0 Å². The molecule has 0 radical (unpaired) electrons. The molecule has 6 nitrogen and oxygen atoms in total. The zero-order valence-corrected chi connectivity index (χ0v) is 23.3. The number of fused-ring (bicyclic) bond motifs is 2. The number of piperidine rings is 1. The lowest BCUT2D eigenvalue weighted by atomic mass is 9.85. The average Bonchev–Trinajstić information content (AvgIpc) is 3.29. The first kappa shape index (κ1) is 26.5. The minimum absolute atomic E-state index is 0.250. The fourth-order valence-corrected chi connectivity index (χ4v) is 7.26. The molecule has 0 saturated carbocycles. The number of likely N-dealkylation sites (tertiary alicyclic amines) is 1. The molecule has 2 atom stereocenters. The van der Waals surface area contributed by atoms with Gasteiger partial charge in [-0.3, -0.25) is 4.90 Å². The molecule has 1 N–H and O–H groups in total. The molecule has 37 heavy (non-hydrogen) atoms. The number of nitrogens with zero attached hydrogens (tertiary/aromatic N) is 3. The molecule has 3 heterocycles. The number of nitrogens with one attached hydrogen (secondary N) is 1. The molecular weight excluding hydrogens is 514 g/mol. The molecule has 2 aromatic carbocycles. The Morgan fingerprint density at radius 3 is 2.65 bits per heavy atom. The van der Waals surface area contributed by atoms with Gasteiger partial charge in [0.05, 0.1) is 16.1 Å². The highest BCUT2D eigenvalue weighted by Gasteiger charge is 2.31. The van der Waals surface area contributed by atoms with Gasteiger partial charge in [-0.25, -0.2) is 21.5 Å². The molecule has 0 spiro atoms. The van der Waals surface area contributed by atoms with E-state index in [-0.39, 0.29) is 5.52 Å². The SMILES string of the molecule is CC(C)N1Cc2cc(S(C)(=O)=O)ccc2N(CCN2CC[C@H](c3c[nH]c4c(F)c(F)ccc34)C[C@H]2C)S1. The molecule has 2 aliphatic heterocycles. The van der Waals surface area contributed by atoms with E-state index >= 15 is 0 Å². The number of aromatic nitrogens is 1. The van der Waals surface area contributed by atoms with Crippen molar-refractivity contribution in [2.45, 2.75) is 63.1 Å². The number of hydrogen-bond donors (Lipinski definition) is 1. The third-order valence-corrected chi connectivity index (χ3v) is 10.1. The van der Waals surface area contributed by atoms with Crippen LogP contribution in [0.4, 0.5) is 14.5 Å². The smallest absolute Gasteiger partial charge is 0.182 e. The van der Waals surface area contributed by atoms with Crippen LogP contribution in [0.2, 0.25) is 0 Å². The van der Waals surface area contributed by atoms with Gasteiger partial charge in [-0.2, -0.15) is 0 Å². The second-order valence-electron chi connectivity index (χ2n) is 10.5. The largest absolute Gasteiger partial charge is 0.358 e. The van der Waals surface area contributed by atoms with Crippen molar-refractivity contribution in [2.75, 3.05) is 30.2 Å². The molecule has 0 aliphatic carbocycles. The third kappa shape index (κ3) is 5.26. The standard InChI is InChI=1S/C27H34F2N4O2S2/c1-17(2)33-16-20-14-21(37(4,34)35)5-8-25(20)32(36-33)12-11-31-10-9-19(13-18(31)3)23-15-30-27-22(23)6-7-24(28)26(27)29/h5-8,14-15,17-19,30H,9-13,16H2,1-4H3/t18-,19+/m1/s1. The zero-order chi connectivity index (χ0) is 26.5. The third-order valence-electron chi connectivity index (χ3n) is 7.68. The lowest BCUT2D eigenvalue weighted by molar-refractivity contribution is 0.151. The van der Waals surface area contributed by atoms with Crippen molar-refractivity contribution in [3.05, 3.63) is 59.3 Å². The molecule has 1 aromatic heterocycles. The van der Waals surface area contributed by atoms with Crippen LogP contribution in [0.15, 0.2) is 41.4 Å². The molecule has 0 unspecified atom stereocenters. The summed E-state index contributed by atoms with van der Waals surface area (Å²) in [5.74, 6) is -1.35. The number of sulfone groups is 1. The highest BCUT2D eigenvalue weighted by molar-refractivity contribution is 7.98. The Morgan fingerprint density at radius 1 is 1.16 bits per heavy atom. The van der Waals surface area contributed by atoms with Gasteiger partial charge in [0.25, 0.3) is 0 Å². The summed E-state index contributed by atoms with van der Waals surface area (Å²) in [6.45, 7) is 9.85. The minimum Gasteiger partial charge on any atom is -0.358 e. The van der Waals surface area contributed by atoms with Crippen LogP contribution in [-0.4, -0.2) is 60.6 Å². The predicted molar refractivity (Wildman–Crippen MR) is 146 cm³/mol. The van der Waals surface area contributed by atoms with Crippen LogP contribution < -0.4 is 4.31 Å². The van der Waals surface area contributed by atoms with Crippen LogP contribution >= 0.6 is 12.1 Å². The van der Waals surface area contributed by atoms with Crippen molar-refractivity contribution in [2.24, 2.45) is 0 Å². The van der Waals surface area contributed by atoms with Gasteiger partial charge in [0.15, 0.2) is 21.5 Å². The number of anilines is 1. The molecule has 2 aliphatic rings. The normalized spacial score (nSPS) is 21.6. The van der Waals surface area contributed by atoms with Crippen molar-refractivity contribution in [3.8, 4) is 0 Å². The van der Waals surface area contributed by atoms with Crippen LogP contribution in [0, 0.1) is 11.6 Å². The molecule has 10 heteroatoms. The summed E-state index contributed by atoms with van der Waals surface area (Å²) >= 11 is 1.71. The monoisotopic (exact) mass is 548 g/mol. The van der Waals surface area contributed by atoms with Crippen molar-refractivity contribution < 1.29 is 17.2 Å². The summed E-state index contributed by atoms with van der Waals surface area (Å²) in [6, 6.07) is 9.00. The Kier molecular flexibility index (Phi) is 7.30. The zero-order valence-electron chi connectivity index (χ0n) is 21.7. The lowest BCUT2D eigenvalue weighted by Gasteiger charge is -2.42. The summed E-state index contributed by atoms with van der Waals surface area (Å²) in [4.78, 5) is 5.79. The van der Waals surface area contributed by atoms with Gasteiger partial charge in [0, 0.05) is 61.7 Å². The fourth-order valence-electron chi connectivity index (χ4n) is 5.52. The average molecular weight is 549 g/mol. The molecule has 5 rings (SSSR count). The Bertz CT molecular complexity index is 1410. The van der Waals surface area contributed by atoms with Gasteiger partial charge in [-0.05, 0) is 87.5 Å². The molecular formula is C27H34F2N4O2S2. The second kappa shape index (κ2) is 10.2. The second-order valence-corrected chi connectivity index (χ2v) is 13.6. The number of aromatic amines is 1. The quantitative estimate of drug-likeness (QED) is 0.398. The first-order valence-electron chi connectivity index (χ1n) is 12.8. The van der Waals surface area contributed by atoms with Gasteiger partial charge in [0.1, 0.15) is 0 Å². The minimum atomic E-state index is -3.26. The maximum Gasteiger partial charge on any atom is 0.182 e. The van der Waals surface area contributed by atoms with E-state index in [0.717, 1.165) is 54.7 Å². The predicted octanol–water partition coefficient (Wildman–Crippen LogP) is 5.71. The first-order chi connectivity index (χ1) is 17.5. The summed E-state index contributed by atoms with van der Waals surface area (Å²) < 4.78 is 56.7. The van der Waals surface area contributed by atoms with Gasteiger partial charge in [-0.1, -0.05) is 0 Å². The van der Waals surface area contributed by atoms with E-state index in [1.807, 2.05) is 18.3 Å². The van der Waals surface area contributed by atoms with Gasteiger partial charge >= 0.3 is 0 Å². The Morgan fingerprint density at radius 2 is 1.95 bits per heavy atom. The van der Waals surface area contributed by atoms with E-state index in [4.69, 9.17) is 0 Å². The van der Waals surface area contributed by atoms with E-state index in [2.05, 4.69) is 39.3 Å². The maximum atomic E-state index is 14.2. The van der Waals surface area contributed by atoms with Gasteiger partial charge < -0.3 is 9.29 Å².